The Labute approximate surface area is 85.6 Å². The van der Waals surface area contributed by atoms with E-state index in [2.05, 4.69) is 4.99 Å². The molecule has 0 saturated carbocycles. The molecule has 1 unspecified atom stereocenters. The lowest BCUT2D eigenvalue weighted by atomic mass is 9.96. The first-order valence-electron chi connectivity index (χ1n) is 4.73. The van der Waals surface area contributed by atoms with Crippen molar-refractivity contribution in [2.45, 2.75) is 18.5 Å². The molecule has 0 spiro atoms. The number of alkyl halides is 3. The third-order valence-corrected chi connectivity index (χ3v) is 2.54. The predicted octanol–water partition coefficient (Wildman–Crippen LogP) is 3.18. The fourth-order valence-electron chi connectivity index (χ4n) is 1.74. The average Bonchev–Trinajstić information content (AvgIpc) is 2.67. The molecule has 0 aliphatic carbocycles. The Morgan fingerprint density at radius 3 is 2.33 bits per heavy atom. The summed E-state index contributed by atoms with van der Waals surface area (Å²) in [5.41, 5.74) is 0.303. The van der Waals surface area contributed by atoms with Gasteiger partial charge in [0.1, 0.15) is 5.71 Å². The minimum atomic E-state index is -4.26. The van der Waals surface area contributed by atoms with Crippen LogP contribution in [0.15, 0.2) is 35.3 Å². The third-order valence-electron chi connectivity index (χ3n) is 2.54. The average molecular weight is 213 g/mol. The molecular formula is C11H10F3N. The third kappa shape index (κ3) is 2.19. The smallest absolute Gasteiger partial charge is 0.284 e. The zero-order chi connectivity index (χ0) is 10.9. The van der Waals surface area contributed by atoms with E-state index in [1.807, 2.05) is 30.3 Å². The van der Waals surface area contributed by atoms with Crippen LogP contribution in [0.25, 0.3) is 0 Å². The highest BCUT2D eigenvalue weighted by atomic mass is 19.4. The summed E-state index contributed by atoms with van der Waals surface area (Å²) in [4.78, 5) is 3.56. The van der Waals surface area contributed by atoms with Crippen molar-refractivity contribution in [3.05, 3.63) is 35.9 Å². The van der Waals surface area contributed by atoms with Crippen LogP contribution in [0.5, 0.6) is 0 Å². The van der Waals surface area contributed by atoms with Gasteiger partial charge in [-0.25, -0.2) is 0 Å². The standard InChI is InChI=1S/C11H10F3N/c12-11(13,14)10-6-9(7-15-10)8-4-2-1-3-5-8/h1-5,9H,6-7H2. The van der Waals surface area contributed by atoms with Crippen molar-refractivity contribution in [2.24, 2.45) is 4.99 Å². The fraction of sp³-hybridized carbons (Fsp3) is 0.364. The molecule has 1 aromatic carbocycles. The highest BCUT2D eigenvalue weighted by molar-refractivity contribution is 5.91. The molecule has 0 N–H and O–H groups in total. The van der Waals surface area contributed by atoms with E-state index >= 15 is 0 Å². The van der Waals surface area contributed by atoms with Gasteiger partial charge in [0, 0.05) is 18.9 Å². The van der Waals surface area contributed by atoms with Gasteiger partial charge in [-0.2, -0.15) is 13.2 Å². The van der Waals surface area contributed by atoms with Gasteiger partial charge in [0.25, 0.3) is 0 Å². The van der Waals surface area contributed by atoms with Gasteiger partial charge >= 0.3 is 6.18 Å². The summed E-state index contributed by atoms with van der Waals surface area (Å²) < 4.78 is 37.0. The van der Waals surface area contributed by atoms with Crippen LogP contribution < -0.4 is 0 Å². The molecule has 1 aliphatic rings. The molecule has 0 amide bonds. The first-order chi connectivity index (χ1) is 7.07. The van der Waals surface area contributed by atoms with Gasteiger partial charge in [0.05, 0.1) is 0 Å². The van der Waals surface area contributed by atoms with Crippen LogP contribution in [-0.4, -0.2) is 18.4 Å². The van der Waals surface area contributed by atoms with E-state index < -0.39 is 11.9 Å². The predicted molar refractivity (Wildman–Crippen MR) is 52.2 cm³/mol. The first kappa shape index (κ1) is 10.2. The summed E-state index contributed by atoms with van der Waals surface area (Å²) in [6, 6.07) is 9.21. The Bertz CT molecular complexity index is 367. The van der Waals surface area contributed by atoms with E-state index in [-0.39, 0.29) is 18.9 Å². The molecule has 0 saturated heterocycles. The highest BCUT2D eigenvalue weighted by Gasteiger charge is 2.39. The normalized spacial score (nSPS) is 21.5. The molecule has 80 valence electrons. The molecule has 15 heavy (non-hydrogen) atoms. The zero-order valence-corrected chi connectivity index (χ0v) is 7.96. The second kappa shape index (κ2) is 3.68. The topological polar surface area (TPSA) is 12.4 Å². The van der Waals surface area contributed by atoms with Gasteiger partial charge < -0.3 is 0 Å². The molecule has 1 aliphatic heterocycles. The number of aliphatic imine (C=N–C) groups is 1. The van der Waals surface area contributed by atoms with Crippen molar-refractivity contribution in [3.63, 3.8) is 0 Å². The molecule has 4 heteroatoms. The molecular weight excluding hydrogens is 203 g/mol. The molecule has 0 bridgehead atoms. The SMILES string of the molecule is FC(F)(F)C1=NCC(c2ccccc2)C1. The lowest BCUT2D eigenvalue weighted by Gasteiger charge is -2.09. The maximum Gasteiger partial charge on any atom is 0.429 e. The van der Waals surface area contributed by atoms with Crippen molar-refractivity contribution < 1.29 is 13.2 Å². The maximum atomic E-state index is 12.3. The molecule has 0 fully saturated rings. The van der Waals surface area contributed by atoms with Crippen molar-refractivity contribution in [3.8, 4) is 0 Å². The van der Waals surface area contributed by atoms with Crippen LogP contribution in [0.1, 0.15) is 17.9 Å². The zero-order valence-electron chi connectivity index (χ0n) is 7.96. The highest BCUT2D eigenvalue weighted by Crippen LogP contribution is 2.32. The first-order valence-corrected chi connectivity index (χ1v) is 4.73. The summed E-state index contributed by atoms with van der Waals surface area (Å²) >= 11 is 0. The van der Waals surface area contributed by atoms with Crippen LogP contribution in [0.2, 0.25) is 0 Å². The molecule has 1 heterocycles. The van der Waals surface area contributed by atoms with E-state index in [4.69, 9.17) is 0 Å². The lowest BCUT2D eigenvalue weighted by Crippen LogP contribution is -2.21. The van der Waals surface area contributed by atoms with Crippen LogP contribution in [-0.2, 0) is 0 Å². The summed E-state index contributed by atoms with van der Waals surface area (Å²) in [5.74, 6) is -0.108. The van der Waals surface area contributed by atoms with Crippen LogP contribution in [0.3, 0.4) is 0 Å². The van der Waals surface area contributed by atoms with Crippen molar-refractivity contribution in [1.29, 1.82) is 0 Å². The number of rotatable bonds is 1. The van der Waals surface area contributed by atoms with Crippen LogP contribution in [0.4, 0.5) is 13.2 Å². The second-order valence-corrected chi connectivity index (χ2v) is 3.60. The Kier molecular flexibility index (Phi) is 2.50. The molecule has 0 radical (unpaired) electrons. The monoisotopic (exact) mass is 213 g/mol. The van der Waals surface area contributed by atoms with Gasteiger partial charge in [-0.15, -0.1) is 0 Å². The van der Waals surface area contributed by atoms with E-state index in [0.717, 1.165) is 5.56 Å². The molecule has 1 nitrogen and oxygen atoms in total. The molecule has 0 aromatic heterocycles. The van der Waals surface area contributed by atoms with Gasteiger partial charge in [0.15, 0.2) is 0 Å². The molecule has 2 rings (SSSR count). The van der Waals surface area contributed by atoms with E-state index in [0.29, 0.717) is 0 Å². The quantitative estimate of drug-likeness (QED) is 0.679. The number of hydrogen-bond donors (Lipinski definition) is 0. The van der Waals surface area contributed by atoms with Gasteiger partial charge in [-0.1, -0.05) is 30.3 Å². The largest absolute Gasteiger partial charge is 0.429 e. The van der Waals surface area contributed by atoms with Crippen molar-refractivity contribution in [1.82, 2.24) is 0 Å². The summed E-state index contributed by atoms with van der Waals surface area (Å²) in [5, 5.41) is 0. The van der Waals surface area contributed by atoms with E-state index in [1.54, 1.807) is 0 Å². The Balaban J connectivity index is 2.09. The van der Waals surface area contributed by atoms with E-state index in [1.165, 1.54) is 0 Å². The summed E-state index contributed by atoms with van der Waals surface area (Å²) in [7, 11) is 0. The number of benzene rings is 1. The van der Waals surface area contributed by atoms with Crippen LogP contribution >= 0.6 is 0 Å². The Morgan fingerprint density at radius 2 is 1.80 bits per heavy atom. The van der Waals surface area contributed by atoms with E-state index in [9.17, 15) is 13.2 Å². The Morgan fingerprint density at radius 1 is 1.13 bits per heavy atom. The van der Waals surface area contributed by atoms with Crippen LogP contribution in [0, 0.1) is 0 Å². The minimum Gasteiger partial charge on any atom is -0.284 e. The second-order valence-electron chi connectivity index (χ2n) is 3.60. The van der Waals surface area contributed by atoms with Gasteiger partial charge in [0.2, 0.25) is 0 Å². The number of halogens is 3. The molecule has 1 aromatic rings. The summed E-state index contributed by atoms with van der Waals surface area (Å²) in [6.45, 7) is 0.249. The van der Waals surface area contributed by atoms with Crippen molar-refractivity contribution >= 4 is 5.71 Å². The fourth-order valence-corrected chi connectivity index (χ4v) is 1.74. The number of nitrogens with zero attached hydrogens (tertiary/aromatic N) is 1. The Hall–Kier alpha value is -1.32. The number of hydrogen-bond acceptors (Lipinski definition) is 1. The van der Waals surface area contributed by atoms with Crippen molar-refractivity contribution in [2.75, 3.05) is 6.54 Å². The maximum absolute atomic E-state index is 12.3. The van der Waals surface area contributed by atoms with Gasteiger partial charge in [-0.3, -0.25) is 4.99 Å². The minimum absolute atomic E-state index is 0.00745. The lowest BCUT2D eigenvalue weighted by molar-refractivity contribution is -0.0600. The summed E-state index contributed by atoms with van der Waals surface area (Å²) in [6.07, 6.45) is -4.25. The molecule has 1 atom stereocenters. The van der Waals surface area contributed by atoms with Gasteiger partial charge in [-0.05, 0) is 5.56 Å².